The van der Waals surface area contributed by atoms with Crippen molar-refractivity contribution in [1.82, 2.24) is 10.2 Å². The zero-order chi connectivity index (χ0) is 18.7. The summed E-state index contributed by atoms with van der Waals surface area (Å²) in [5.41, 5.74) is 1.26. The number of nitrogens with one attached hydrogen (secondary N) is 2. The van der Waals surface area contributed by atoms with Gasteiger partial charge in [-0.25, -0.2) is 0 Å². The SMILES string of the molecule is CNC1CCCN(C(=O)c2ccc(Cl)cc2NC(=O)c2ccoc2C)C1. The number of furan rings is 1. The van der Waals surface area contributed by atoms with Crippen LogP contribution >= 0.6 is 11.6 Å². The first kappa shape index (κ1) is 18.5. The van der Waals surface area contributed by atoms with Crippen LogP contribution < -0.4 is 10.6 Å². The Balaban J connectivity index is 1.85. The van der Waals surface area contributed by atoms with Crippen LogP contribution in [0.15, 0.2) is 34.9 Å². The van der Waals surface area contributed by atoms with Crippen LogP contribution in [0.5, 0.6) is 0 Å². The van der Waals surface area contributed by atoms with Crippen LogP contribution in [0.4, 0.5) is 5.69 Å². The van der Waals surface area contributed by atoms with Crippen molar-refractivity contribution in [2.24, 2.45) is 0 Å². The van der Waals surface area contributed by atoms with Gasteiger partial charge in [0.15, 0.2) is 0 Å². The molecule has 2 heterocycles. The van der Waals surface area contributed by atoms with Gasteiger partial charge in [-0.1, -0.05) is 11.6 Å². The van der Waals surface area contributed by atoms with E-state index in [0.29, 0.717) is 40.7 Å². The number of carbonyl (C=O) groups excluding carboxylic acids is 2. The third-order valence-corrected chi connectivity index (χ3v) is 4.92. The summed E-state index contributed by atoms with van der Waals surface area (Å²) in [7, 11) is 1.90. The average molecular weight is 376 g/mol. The number of likely N-dealkylation sites (tertiary alicyclic amines) is 1. The zero-order valence-corrected chi connectivity index (χ0v) is 15.6. The summed E-state index contributed by atoms with van der Waals surface area (Å²) in [5, 5.41) is 6.47. The molecular weight excluding hydrogens is 354 g/mol. The van der Waals surface area contributed by atoms with Gasteiger partial charge in [0.25, 0.3) is 11.8 Å². The molecule has 2 N–H and O–H groups in total. The molecular formula is C19H22ClN3O3. The number of carbonyl (C=O) groups is 2. The van der Waals surface area contributed by atoms with Crippen molar-refractivity contribution >= 4 is 29.1 Å². The van der Waals surface area contributed by atoms with Crippen molar-refractivity contribution in [3.05, 3.63) is 52.4 Å². The first-order valence-electron chi connectivity index (χ1n) is 8.61. The third kappa shape index (κ3) is 3.92. The molecule has 3 rings (SSSR count). The van der Waals surface area contributed by atoms with Gasteiger partial charge in [-0.2, -0.15) is 0 Å². The van der Waals surface area contributed by atoms with Gasteiger partial charge in [-0.3, -0.25) is 9.59 Å². The standard InChI is InChI=1S/C19H22ClN3O3/c1-12-15(7-9-26-12)18(24)22-17-10-13(20)5-6-16(17)19(25)23-8-3-4-14(11-23)21-2/h5-7,9-10,14,21H,3-4,8,11H2,1-2H3,(H,22,24). The number of likely N-dealkylation sites (N-methyl/N-ethyl adjacent to an activating group) is 1. The molecule has 1 aromatic carbocycles. The fourth-order valence-corrected chi connectivity index (χ4v) is 3.36. The molecule has 1 saturated heterocycles. The predicted octanol–water partition coefficient (Wildman–Crippen LogP) is 3.32. The first-order chi connectivity index (χ1) is 12.5. The lowest BCUT2D eigenvalue weighted by atomic mass is 10.0. The average Bonchev–Trinajstić information content (AvgIpc) is 3.07. The molecule has 1 atom stereocenters. The van der Waals surface area contributed by atoms with E-state index >= 15 is 0 Å². The Morgan fingerprint density at radius 3 is 2.77 bits per heavy atom. The van der Waals surface area contributed by atoms with Gasteiger partial charge >= 0.3 is 0 Å². The summed E-state index contributed by atoms with van der Waals surface area (Å²) in [6.45, 7) is 3.06. The summed E-state index contributed by atoms with van der Waals surface area (Å²) in [4.78, 5) is 27.3. The Kier molecular flexibility index (Phi) is 5.64. The molecule has 0 saturated carbocycles. The molecule has 1 unspecified atom stereocenters. The normalized spacial score (nSPS) is 17.2. The van der Waals surface area contributed by atoms with Crippen molar-refractivity contribution in [2.45, 2.75) is 25.8 Å². The van der Waals surface area contributed by atoms with Crippen LogP contribution in [0.25, 0.3) is 0 Å². The van der Waals surface area contributed by atoms with E-state index in [-0.39, 0.29) is 17.9 Å². The molecule has 26 heavy (non-hydrogen) atoms. The Bertz CT molecular complexity index is 818. The van der Waals surface area contributed by atoms with E-state index in [9.17, 15) is 9.59 Å². The highest BCUT2D eigenvalue weighted by molar-refractivity contribution is 6.31. The number of hydrogen-bond acceptors (Lipinski definition) is 4. The van der Waals surface area contributed by atoms with Crippen LogP contribution in [0.2, 0.25) is 5.02 Å². The highest BCUT2D eigenvalue weighted by atomic mass is 35.5. The third-order valence-electron chi connectivity index (χ3n) is 4.68. The number of nitrogens with zero attached hydrogens (tertiary/aromatic N) is 1. The maximum atomic E-state index is 13.0. The monoisotopic (exact) mass is 375 g/mol. The number of hydrogen-bond donors (Lipinski definition) is 2. The largest absolute Gasteiger partial charge is 0.469 e. The minimum atomic E-state index is -0.334. The number of amides is 2. The second-order valence-corrected chi connectivity index (χ2v) is 6.85. The van der Waals surface area contributed by atoms with Gasteiger partial charge in [0, 0.05) is 24.2 Å². The van der Waals surface area contributed by atoms with Gasteiger partial charge < -0.3 is 20.0 Å². The van der Waals surface area contributed by atoms with Gasteiger partial charge in [0.05, 0.1) is 23.1 Å². The maximum Gasteiger partial charge on any atom is 0.259 e. The Morgan fingerprint density at radius 2 is 2.08 bits per heavy atom. The van der Waals surface area contributed by atoms with E-state index < -0.39 is 0 Å². The molecule has 0 radical (unpaired) electrons. The van der Waals surface area contributed by atoms with Gasteiger partial charge in [-0.15, -0.1) is 0 Å². The first-order valence-corrected chi connectivity index (χ1v) is 8.99. The summed E-state index contributed by atoms with van der Waals surface area (Å²) in [6.07, 6.45) is 3.45. The molecule has 2 aromatic rings. The number of anilines is 1. The summed E-state index contributed by atoms with van der Waals surface area (Å²) in [6, 6.07) is 6.80. The highest BCUT2D eigenvalue weighted by Gasteiger charge is 2.26. The fourth-order valence-electron chi connectivity index (χ4n) is 3.18. The summed E-state index contributed by atoms with van der Waals surface area (Å²) in [5.74, 6) is 0.0745. The lowest BCUT2D eigenvalue weighted by Gasteiger charge is -2.33. The van der Waals surface area contributed by atoms with E-state index in [0.717, 1.165) is 12.8 Å². The summed E-state index contributed by atoms with van der Waals surface area (Å²) < 4.78 is 5.18. The van der Waals surface area contributed by atoms with Crippen LogP contribution in [-0.4, -0.2) is 42.9 Å². The highest BCUT2D eigenvalue weighted by Crippen LogP contribution is 2.25. The van der Waals surface area contributed by atoms with Crippen LogP contribution in [-0.2, 0) is 0 Å². The molecule has 1 aliphatic rings. The van der Waals surface area contributed by atoms with E-state index in [4.69, 9.17) is 16.0 Å². The van der Waals surface area contributed by atoms with Gasteiger partial charge in [0.1, 0.15) is 5.76 Å². The minimum Gasteiger partial charge on any atom is -0.469 e. The van der Waals surface area contributed by atoms with E-state index in [1.807, 2.05) is 11.9 Å². The molecule has 0 bridgehead atoms. The number of piperidine rings is 1. The second kappa shape index (κ2) is 7.93. The number of benzene rings is 1. The minimum absolute atomic E-state index is 0.110. The van der Waals surface area contributed by atoms with Crippen LogP contribution in [0.3, 0.4) is 0 Å². The molecule has 1 aromatic heterocycles. The topological polar surface area (TPSA) is 74.6 Å². The van der Waals surface area contributed by atoms with E-state index in [2.05, 4.69) is 10.6 Å². The number of halogens is 1. The molecule has 6 nitrogen and oxygen atoms in total. The van der Waals surface area contributed by atoms with Crippen molar-refractivity contribution in [2.75, 3.05) is 25.5 Å². The molecule has 1 aliphatic heterocycles. The lowest BCUT2D eigenvalue weighted by Crippen LogP contribution is -2.47. The Morgan fingerprint density at radius 1 is 1.27 bits per heavy atom. The van der Waals surface area contributed by atoms with E-state index in [1.54, 1.807) is 31.2 Å². The van der Waals surface area contributed by atoms with Crippen molar-refractivity contribution in [1.29, 1.82) is 0 Å². The zero-order valence-electron chi connectivity index (χ0n) is 14.8. The molecule has 0 aliphatic carbocycles. The molecule has 138 valence electrons. The van der Waals surface area contributed by atoms with Crippen molar-refractivity contribution < 1.29 is 14.0 Å². The smallest absolute Gasteiger partial charge is 0.259 e. The molecule has 2 amide bonds. The predicted molar refractivity (Wildman–Crippen MR) is 101 cm³/mol. The van der Waals surface area contributed by atoms with Crippen molar-refractivity contribution in [3.8, 4) is 0 Å². The molecule has 1 fully saturated rings. The van der Waals surface area contributed by atoms with Crippen LogP contribution in [0, 0.1) is 6.92 Å². The maximum absolute atomic E-state index is 13.0. The Hall–Kier alpha value is -2.31. The van der Waals surface area contributed by atoms with Crippen molar-refractivity contribution in [3.63, 3.8) is 0 Å². The number of rotatable bonds is 4. The number of aryl methyl sites for hydroxylation is 1. The lowest BCUT2D eigenvalue weighted by molar-refractivity contribution is 0.0699. The fraction of sp³-hybridized carbons (Fsp3) is 0.368. The Labute approximate surface area is 157 Å². The van der Waals surface area contributed by atoms with Gasteiger partial charge in [-0.05, 0) is 51.1 Å². The quantitative estimate of drug-likeness (QED) is 0.859. The van der Waals surface area contributed by atoms with Crippen LogP contribution in [0.1, 0.15) is 39.3 Å². The van der Waals surface area contributed by atoms with Gasteiger partial charge in [0.2, 0.25) is 0 Å². The molecule has 0 spiro atoms. The van der Waals surface area contributed by atoms with E-state index in [1.165, 1.54) is 6.26 Å². The summed E-state index contributed by atoms with van der Waals surface area (Å²) >= 11 is 6.09. The second-order valence-electron chi connectivity index (χ2n) is 6.41. The molecule has 7 heteroatoms.